The van der Waals surface area contributed by atoms with Gasteiger partial charge in [-0.15, -0.1) is 10.2 Å². The zero-order chi connectivity index (χ0) is 16.9. The van der Waals surface area contributed by atoms with Crippen molar-refractivity contribution in [2.24, 2.45) is 0 Å². The molecule has 126 valence electrons. The van der Waals surface area contributed by atoms with E-state index in [1.165, 1.54) is 11.8 Å². The lowest BCUT2D eigenvalue weighted by Crippen LogP contribution is -2.50. The van der Waals surface area contributed by atoms with Crippen LogP contribution in [0.15, 0.2) is 35.7 Å². The molecule has 3 rings (SSSR count). The van der Waals surface area contributed by atoms with Crippen LogP contribution < -0.4 is 10.6 Å². The summed E-state index contributed by atoms with van der Waals surface area (Å²) in [5, 5.41) is 14.6. The molecule has 9 heteroatoms. The quantitative estimate of drug-likeness (QED) is 0.782. The number of carbonyl (C=O) groups is 2. The molecule has 7 nitrogen and oxygen atoms in total. The maximum Gasteiger partial charge on any atom is 0.242 e. The van der Waals surface area contributed by atoms with E-state index >= 15 is 0 Å². The van der Waals surface area contributed by atoms with Crippen LogP contribution in [0, 0.1) is 0 Å². The van der Waals surface area contributed by atoms with E-state index in [2.05, 4.69) is 20.8 Å². The number of piperidine rings is 1. The molecule has 1 atom stereocenters. The fourth-order valence-corrected chi connectivity index (χ4v) is 3.33. The minimum Gasteiger partial charge on any atom is -0.354 e. The molecule has 1 saturated heterocycles. The average Bonchev–Trinajstić information content (AvgIpc) is 3.04. The zero-order valence-electron chi connectivity index (χ0n) is 12.7. The van der Waals surface area contributed by atoms with Gasteiger partial charge in [-0.1, -0.05) is 29.4 Å². The molecule has 1 fully saturated rings. The van der Waals surface area contributed by atoms with Gasteiger partial charge in [-0.05, 0) is 31.0 Å². The Morgan fingerprint density at radius 3 is 3.17 bits per heavy atom. The van der Waals surface area contributed by atoms with Gasteiger partial charge in [-0.25, -0.2) is 0 Å². The van der Waals surface area contributed by atoms with Crippen molar-refractivity contribution in [1.29, 1.82) is 0 Å². The van der Waals surface area contributed by atoms with Crippen molar-refractivity contribution in [3.05, 3.63) is 35.6 Å². The van der Waals surface area contributed by atoms with Gasteiger partial charge in [0.05, 0.1) is 11.4 Å². The van der Waals surface area contributed by atoms with Crippen LogP contribution in [0.3, 0.4) is 0 Å². The molecular formula is C15H16ClN5O2S. The van der Waals surface area contributed by atoms with Crippen LogP contribution in [-0.4, -0.2) is 44.9 Å². The fourth-order valence-electron chi connectivity index (χ4n) is 2.40. The third-order valence-electron chi connectivity index (χ3n) is 3.56. The van der Waals surface area contributed by atoms with E-state index in [1.54, 1.807) is 23.0 Å². The highest BCUT2D eigenvalue weighted by atomic mass is 35.5. The maximum absolute atomic E-state index is 12.1. The van der Waals surface area contributed by atoms with Gasteiger partial charge >= 0.3 is 0 Å². The van der Waals surface area contributed by atoms with Gasteiger partial charge in [0.1, 0.15) is 12.4 Å². The number of hydrogen-bond donors (Lipinski definition) is 2. The summed E-state index contributed by atoms with van der Waals surface area (Å²) in [7, 11) is 0. The molecule has 1 aromatic carbocycles. The maximum atomic E-state index is 12.1. The normalized spacial score (nSPS) is 17.4. The van der Waals surface area contributed by atoms with E-state index in [0.29, 0.717) is 23.1 Å². The number of halogens is 1. The molecule has 2 N–H and O–H groups in total. The Hall–Kier alpha value is -2.06. The SMILES string of the molecule is O=C(CSc1nncn1-c1cccc(Cl)c1)NC1CCCNC1=O. The Labute approximate surface area is 148 Å². The second kappa shape index (κ2) is 7.67. The highest BCUT2D eigenvalue weighted by Crippen LogP contribution is 2.21. The van der Waals surface area contributed by atoms with Crippen molar-refractivity contribution in [3.63, 3.8) is 0 Å². The van der Waals surface area contributed by atoms with Crippen LogP contribution in [0.25, 0.3) is 5.69 Å². The first-order valence-electron chi connectivity index (χ1n) is 7.49. The van der Waals surface area contributed by atoms with Gasteiger partial charge in [0.2, 0.25) is 11.8 Å². The molecule has 0 bridgehead atoms. The van der Waals surface area contributed by atoms with Crippen LogP contribution in [-0.2, 0) is 9.59 Å². The highest BCUT2D eigenvalue weighted by Gasteiger charge is 2.23. The molecule has 0 spiro atoms. The molecule has 2 heterocycles. The minimum atomic E-state index is -0.447. The van der Waals surface area contributed by atoms with E-state index in [-0.39, 0.29) is 17.6 Å². The van der Waals surface area contributed by atoms with Crippen LogP contribution in [0.4, 0.5) is 0 Å². The van der Waals surface area contributed by atoms with Crippen LogP contribution in [0.5, 0.6) is 0 Å². The zero-order valence-corrected chi connectivity index (χ0v) is 14.3. The molecule has 2 amide bonds. The number of hydrogen-bond acceptors (Lipinski definition) is 5. The van der Waals surface area contributed by atoms with Crippen molar-refractivity contribution >= 4 is 35.2 Å². The molecule has 1 aromatic heterocycles. The molecule has 1 aliphatic rings. The van der Waals surface area contributed by atoms with E-state index in [9.17, 15) is 9.59 Å². The first kappa shape index (κ1) is 16.8. The average molecular weight is 366 g/mol. The number of benzene rings is 1. The lowest BCUT2D eigenvalue weighted by molar-refractivity contribution is -0.129. The Morgan fingerprint density at radius 2 is 2.38 bits per heavy atom. The monoisotopic (exact) mass is 365 g/mol. The number of rotatable bonds is 5. The predicted molar refractivity (Wildman–Crippen MR) is 91.3 cm³/mol. The number of nitrogens with one attached hydrogen (secondary N) is 2. The first-order valence-corrected chi connectivity index (χ1v) is 8.85. The van der Waals surface area contributed by atoms with Crippen molar-refractivity contribution < 1.29 is 9.59 Å². The third kappa shape index (κ3) is 4.07. The molecular weight excluding hydrogens is 350 g/mol. The van der Waals surface area contributed by atoms with E-state index in [0.717, 1.165) is 12.1 Å². The molecule has 24 heavy (non-hydrogen) atoms. The van der Waals surface area contributed by atoms with Crippen LogP contribution in [0.2, 0.25) is 5.02 Å². The summed E-state index contributed by atoms with van der Waals surface area (Å²) in [5.74, 6) is -0.173. The summed E-state index contributed by atoms with van der Waals surface area (Å²) < 4.78 is 1.76. The van der Waals surface area contributed by atoms with Gasteiger partial charge in [-0.2, -0.15) is 0 Å². The number of carbonyl (C=O) groups excluding carboxylic acids is 2. The number of thioether (sulfide) groups is 1. The van der Waals surface area contributed by atoms with Crippen molar-refractivity contribution in [2.75, 3.05) is 12.3 Å². The van der Waals surface area contributed by atoms with Crippen LogP contribution in [0.1, 0.15) is 12.8 Å². The van der Waals surface area contributed by atoms with Crippen LogP contribution >= 0.6 is 23.4 Å². The minimum absolute atomic E-state index is 0.123. The Morgan fingerprint density at radius 1 is 1.50 bits per heavy atom. The van der Waals surface area contributed by atoms with Gasteiger partial charge in [0.15, 0.2) is 5.16 Å². The van der Waals surface area contributed by atoms with Gasteiger partial charge in [0.25, 0.3) is 0 Å². The van der Waals surface area contributed by atoms with Gasteiger partial charge in [-0.3, -0.25) is 14.2 Å². The lowest BCUT2D eigenvalue weighted by Gasteiger charge is -2.22. The Balaban J connectivity index is 1.60. The van der Waals surface area contributed by atoms with Gasteiger partial charge in [0, 0.05) is 11.6 Å². The summed E-state index contributed by atoms with van der Waals surface area (Å²) in [4.78, 5) is 23.7. The molecule has 0 aliphatic carbocycles. The largest absolute Gasteiger partial charge is 0.354 e. The van der Waals surface area contributed by atoms with E-state index < -0.39 is 6.04 Å². The summed E-state index contributed by atoms with van der Waals surface area (Å²) >= 11 is 7.26. The molecule has 0 radical (unpaired) electrons. The molecule has 1 unspecified atom stereocenters. The number of amides is 2. The number of nitrogens with zero attached hydrogens (tertiary/aromatic N) is 3. The van der Waals surface area contributed by atoms with Gasteiger partial charge < -0.3 is 10.6 Å². The van der Waals surface area contributed by atoms with Crippen molar-refractivity contribution in [2.45, 2.75) is 24.0 Å². The van der Waals surface area contributed by atoms with E-state index in [4.69, 9.17) is 11.6 Å². The first-order chi connectivity index (χ1) is 11.6. The summed E-state index contributed by atoms with van der Waals surface area (Å²) in [6, 6.07) is 6.84. The summed E-state index contributed by atoms with van der Waals surface area (Å²) in [6.07, 6.45) is 3.11. The smallest absolute Gasteiger partial charge is 0.242 e. The predicted octanol–water partition coefficient (Wildman–Crippen LogP) is 1.41. The molecule has 1 aliphatic heterocycles. The lowest BCUT2D eigenvalue weighted by atomic mass is 10.1. The summed E-state index contributed by atoms with van der Waals surface area (Å²) in [5.41, 5.74) is 0.821. The fraction of sp³-hybridized carbons (Fsp3) is 0.333. The summed E-state index contributed by atoms with van der Waals surface area (Å²) in [6.45, 7) is 0.669. The Bertz CT molecular complexity index is 751. The second-order valence-electron chi connectivity index (χ2n) is 5.31. The third-order valence-corrected chi connectivity index (χ3v) is 4.73. The topological polar surface area (TPSA) is 88.9 Å². The standard InChI is InChI=1S/C15H16ClN5O2S/c16-10-3-1-4-11(7-10)21-9-18-20-15(21)24-8-13(22)19-12-5-2-6-17-14(12)23/h1,3-4,7,9,12H,2,5-6,8H2,(H,17,23)(H,19,22). The van der Waals surface area contributed by atoms with E-state index in [1.807, 2.05) is 12.1 Å². The second-order valence-corrected chi connectivity index (χ2v) is 6.68. The number of aromatic nitrogens is 3. The molecule has 0 saturated carbocycles. The highest BCUT2D eigenvalue weighted by molar-refractivity contribution is 7.99. The van der Waals surface area contributed by atoms with Crippen molar-refractivity contribution in [3.8, 4) is 5.69 Å². The Kier molecular flexibility index (Phi) is 5.37. The molecule has 2 aromatic rings. The van der Waals surface area contributed by atoms with Crippen molar-refractivity contribution in [1.82, 2.24) is 25.4 Å².